The normalized spacial score (nSPS) is 13.1. The number of carboxylic acid groups (broad SMARTS) is 1. The van der Waals surface area contributed by atoms with E-state index in [1.165, 1.54) is 244 Å². The molecule has 0 fully saturated rings. The predicted molar refractivity (Wildman–Crippen MR) is 389 cm³/mol. The van der Waals surface area contributed by atoms with E-state index in [-0.39, 0.29) is 32.2 Å². The molecule has 0 spiro atoms. The molecule has 0 saturated heterocycles. The summed E-state index contributed by atoms with van der Waals surface area (Å²) < 4.78 is 22.9. The van der Waals surface area contributed by atoms with Crippen molar-refractivity contribution < 1.29 is 42.9 Å². The lowest BCUT2D eigenvalue weighted by Gasteiger charge is -2.26. The number of allylic oxidation sites excluding steroid dienone is 14. The molecule has 9 nitrogen and oxygen atoms in total. The van der Waals surface area contributed by atoms with Crippen molar-refractivity contribution in [2.75, 3.05) is 47.5 Å². The minimum absolute atomic E-state index is 0.147. The highest BCUT2D eigenvalue weighted by Crippen LogP contribution is 2.19. The number of carboxylic acids is 1. The van der Waals surface area contributed by atoms with Gasteiger partial charge in [0.2, 0.25) is 0 Å². The van der Waals surface area contributed by atoms with Crippen molar-refractivity contribution in [3.63, 3.8) is 0 Å². The molecule has 2 unspecified atom stereocenters. The first-order valence-corrected chi connectivity index (χ1v) is 38.7. The second-order valence-corrected chi connectivity index (χ2v) is 27.3. The van der Waals surface area contributed by atoms with E-state index < -0.39 is 24.3 Å². The van der Waals surface area contributed by atoms with Crippen molar-refractivity contribution in [2.24, 2.45) is 0 Å². The van der Waals surface area contributed by atoms with E-state index in [2.05, 4.69) is 98.9 Å². The van der Waals surface area contributed by atoms with Crippen LogP contribution in [-0.2, 0) is 33.3 Å². The number of carbonyl (C=O) groups excluding carboxylic acids is 3. The molecule has 91 heavy (non-hydrogen) atoms. The van der Waals surface area contributed by atoms with Gasteiger partial charge in [-0.15, -0.1) is 0 Å². The topological polar surface area (TPSA) is 111 Å². The van der Waals surface area contributed by atoms with E-state index in [1.807, 2.05) is 21.1 Å². The molecule has 0 aliphatic rings. The molecule has 0 aromatic rings. The Morgan fingerprint density at radius 2 is 0.626 bits per heavy atom. The van der Waals surface area contributed by atoms with Crippen LogP contribution in [0.5, 0.6) is 0 Å². The highest BCUT2D eigenvalue weighted by atomic mass is 16.7. The number of unbranched alkanes of at least 4 members (excludes halogenated alkanes) is 43. The highest BCUT2D eigenvalue weighted by molar-refractivity contribution is 5.70. The van der Waals surface area contributed by atoms with E-state index in [0.29, 0.717) is 23.9 Å². The van der Waals surface area contributed by atoms with Crippen LogP contribution in [0.4, 0.5) is 0 Å². The van der Waals surface area contributed by atoms with E-state index in [0.717, 1.165) is 83.5 Å². The molecule has 2 atom stereocenters. The third kappa shape index (κ3) is 73.7. The zero-order valence-electron chi connectivity index (χ0n) is 60.5. The Morgan fingerprint density at radius 1 is 0.341 bits per heavy atom. The van der Waals surface area contributed by atoms with Gasteiger partial charge in [-0.05, 0) is 70.6 Å². The molecule has 0 radical (unpaired) electrons. The molecule has 0 aromatic heterocycles. The zero-order valence-corrected chi connectivity index (χ0v) is 60.5. The minimum Gasteiger partial charge on any atom is -0.545 e. The Hall–Kier alpha value is -3.53. The second kappa shape index (κ2) is 72.3. The maximum Gasteiger partial charge on any atom is 0.306 e. The average molecular weight is 1280 g/mol. The molecule has 0 saturated carbocycles. The van der Waals surface area contributed by atoms with Crippen LogP contribution in [0.3, 0.4) is 0 Å². The van der Waals surface area contributed by atoms with Gasteiger partial charge in [0.1, 0.15) is 13.2 Å². The number of rotatable bonds is 72. The molecular formula is C82H147NO8. The lowest BCUT2D eigenvalue weighted by Crippen LogP contribution is -2.44. The zero-order chi connectivity index (χ0) is 66.1. The first-order valence-electron chi connectivity index (χ1n) is 38.7. The molecule has 0 aliphatic carbocycles. The van der Waals surface area contributed by atoms with Gasteiger partial charge in [-0.2, -0.15) is 0 Å². The first kappa shape index (κ1) is 87.5. The Labute approximate surface area is 563 Å². The summed E-state index contributed by atoms with van der Waals surface area (Å²) >= 11 is 0. The number of ether oxygens (including phenoxy) is 4. The van der Waals surface area contributed by atoms with Crippen LogP contribution in [0.1, 0.15) is 361 Å². The van der Waals surface area contributed by atoms with Gasteiger partial charge in [-0.3, -0.25) is 9.59 Å². The van der Waals surface area contributed by atoms with E-state index in [4.69, 9.17) is 18.9 Å². The maximum atomic E-state index is 13.0. The van der Waals surface area contributed by atoms with Crippen molar-refractivity contribution in [1.29, 1.82) is 0 Å². The molecule has 0 heterocycles. The lowest BCUT2D eigenvalue weighted by atomic mass is 10.0. The van der Waals surface area contributed by atoms with Crippen molar-refractivity contribution in [3.05, 3.63) is 85.1 Å². The highest BCUT2D eigenvalue weighted by Gasteiger charge is 2.22. The molecule has 0 N–H and O–H groups in total. The van der Waals surface area contributed by atoms with Crippen molar-refractivity contribution in [1.82, 2.24) is 0 Å². The number of likely N-dealkylation sites (N-methyl/N-ethyl adjacent to an activating group) is 1. The largest absolute Gasteiger partial charge is 0.545 e. The van der Waals surface area contributed by atoms with E-state index >= 15 is 0 Å². The van der Waals surface area contributed by atoms with Gasteiger partial charge >= 0.3 is 11.9 Å². The van der Waals surface area contributed by atoms with Crippen LogP contribution in [0.2, 0.25) is 0 Å². The summed E-state index contributed by atoms with van der Waals surface area (Å²) in [5.74, 6) is -2.26. The van der Waals surface area contributed by atoms with Gasteiger partial charge in [0.05, 0.1) is 40.3 Å². The molecular weight excluding hydrogens is 1130 g/mol. The van der Waals surface area contributed by atoms with Crippen molar-refractivity contribution in [2.45, 2.75) is 373 Å². The number of carbonyl (C=O) groups is 3. The molecule has 0 bridgehead atoms. The fraction of sp³-hybridized carbons (Fsp3) is 0.793. The van der Waals surface area contributed by atoms with Gasteiger partial charge in [-0.1, -0.05) is 362 Å². The Morgan fingerprint density at radius 3 is 0.934 bits per heavy atom. The summed E-state index contributed by atoms with van der Waals surface area (Å²) in [4.78, 5) is 37.6. The monoisotopic (exact) mass is 1270 g/mol. The number of hydrogen-bond acceptors (Lipinski definition) is 8. The summed E-state index contributed by atoms with van der Waals surface area (Å²) in [5, 5.41) is 11.9. The fourth-order valence-corrected chi connectivity index (χ4v) is 11.3. The summed E-state index contributed by atoms with van der Waals surface area (Å²) in [5.41, 5.74) is 0. The Balaban J connectivity index is 4.05. The standard InChI is InChI=1S/C82H147NO8/c1-6-8-10-12-14-16-18-20-22-24-26-28-30-32-34-36-38-39-40-41-43-45-47-49-51-53-55-57-59-61-63-65-67-69-71-73-80(85)91-78(77-90-82(81(86)87)88-75-74-83(3,4)5)76-89-79(84)72-70-68-66-64-62-60-58-56-54-52-50-48-46-44-42-37-35-33-31-29-27-25-23-21-19-17-15-13-11-9-7-2/h8,10,14,16,20,22,26,28,32,34,38-39,41,43,78,82H,6-7,9,11-13,15,17-19,21,23-25,27,29-31,33,35-37,40,42,44-77H2,1-5H3/b10-8-,16-14-,22-20-,28-26-,34-32-,39-38-,43-41-. The van der Waals surface area contributed by atoms with E-state index in [9.17, 15) is 19.5 Å². The number of esters is 2. The van der Waals surface area contributed by atoms with Crippen LogP contribution < -0.4 is 5.11 Å². The maximum absolute atomic E-state index is 13.0. The molecule has 9 heteroatoms. The first-order chi connectivity index (χ1) is 44.6. The van der Waals surface area contributed by atoms with Gasteiger partial charge in [0, 0.05) is 12.8 Å². The Kier molecular flexibility index (Phi) is 69.5. The van der Waals surface area contributed by atoms with Crippen LogP contribution in [-0.4, -0.2) is 82.3 Å². The molecule has 0 rings (SSSR count). The number of hydrogen-bond donors (Lipinski definition) is 0. The number of nitrogens with zero attached hydrogens (tertiary/aromatic N) is 1. The number of quaternary nitrogens is 1. The molecule has 528 valence electrons. The van der Waals surface area contributed by atoms with Gasteiger partial charge in [-0.25, -0.2) is 0 Å². The van der Waals surface area contributed by atoms with Crippen LogP contribution in [0.25, 0.3) is 0 Å². The minimum atomic E-state index is -1.62. The quantitative estimate of drug-likeness (QED) is 0.0195. The van der Waals surface area contributed by atoms with Crippen molar-refractivity contribution >= 4 is 17.9 Å². The predicted octanol–water partition coefficient (Wildman–Crippen LogP) is 23.3. The smallest absolute Gasteiger partial charge is 0.306 e. The summed E-state index contributed by atoms with van der Waals surface area (Å²) in [6, 6.07) is 0. The van der Waals surface area contributed by atoms with Crippen LogP contribution in [0, 0.1) is 0 Å². The van der Waals surface area contributed by atoms with Gasteiger partial charge in [0.15, 0.2) is 12.4 Å². The molecule has 0 aromatic carbocycles. The summed E-state index contributed by atoms with van der Waals surface area (Å²) in [6.45, 7) is 4.69. The second-order valence-electron chi connectivity index (χ2n) is 27.3. The van der Waals surface area contributed by atoms with Crippen LogP contribution in [0.15, 0.2) is 85.1 Å². The third-order valence-electron chi connectivity index (χ3n) is 17.2. The van der Waals surface area contributed by atoms with Crippen molar-refractivity contribution in [3.8, 4) is 0 Å². The Bertz CT molecular complexity index is 1770. The van der Waals surface area contributed by atoms with Crippen LogP contribution >= 0.6 is 0 Å². The van der Waals surface area contributed by atoms with Gasteiger partial charge in [0.25, 0.3) is 0 Å². The van der Waals surface area contributed by atoms with E-state index in [1.54, 1.807) is 0 Å². The SMILES string of the molecule is CC/C=C\C/C=C\C/C=C\C/C=C\C/C=C\C/C=C\C/C=C\CCCCCCCCCCCCCCCC(=O)OC(COC(=O)CCCCCCCCCCCCCCCCCCCCCCCCCCCCCCCCC)COC(OCC[N+](C)(C)C)C(=O)[O-]. The molecule has 0 amide bonds. The number of aliphatic carboxylic acids is 1. The third-order valence-corrected chi connectivity index (χ3v) is 17.2. The average Bonchev–Trinajstić information content (AvgIpc) is 3.46. The van der Waals surface area contributed by atoms with Gasteiger partial charge < -0.3 is 33.3 Å². The lowest BCUT2D eigenvalue weighted by molar-refractivity contribution is -0.870. The molecule has 0 aliphatic heterocycles. The summed E-state index contributed by atoms with van der Waals surface area (Å²) in [7, 11) is 5.94. The fourth-order valence-electron chi connectivity index (χ4n) is 11.3. The summed E-state index contributed by atoms with van der Waals surface area (Å²) in [6.07, 6.45) is 95.5.